The van der Waals surface area contributed by atoms with Crippen molar-refractivity contribution in [2.45, 2.75) is 18.9 Å². The fraction of sp³-hybridized carbons (Fsp3) is 0.261. The summed E-state index contributed by atoms with van der Waals surface area (Å²) in [4.78, 5) is 27.0. The van der Waals surface area contributed by atoms with E-state index < -0.39 is 6.10 Å². The Kier molecular flexibility index (Phi) is 5.53. The molecular weight excluding hydrogens is 366 g/mol. The van der Waals surface area contributed by atoms with Crippen LogP contribution in [0.1, 0.15) is 34.9 Å². The molecule has 6 nitrogen and oxygen atoms in total. The Bertz CT molecular complexity index is 1030. The maximum Gasteiger partial charge on any atom is 0.272 e. The van der Waals surface area contributed by atoms with E-state index in [0.29, 0.717) is 24.3 Å². The number of piperidine rings is 1. The third kappa shape index (κ3) is 4.12. The van der Waals surface area contributed by atoms with Crippen molar-refractivity contribution in [3.8, 4) is 5.69 Å². The third-order valence-electron chi connectivity index (χ3n) is 5.46. The van der Waals surface area contributed by atoms with E-state index in [4.69, 9.17) is 0 Å². The van der Waals surface area contributed by atoms with Gasteiger partial charge in [-0.3, -0.25) is 9.59 Å². The molecule has 0 saturated carbocycles. The summed E-state index contributed by atoms with van der Waals surface area (Å²) in [5.41, 5.74) is 1.53. The molecule has 1 N–H and O–H groups in total. The number of carbonyl (C=O) groups is 1. The molecule has 4 rings (SSSR count). The van der Waals surface area contributed by atoms with E-state index >= 15 is 0 Å². The van der Waals surface area contributed by atoms with Crippen LogP contribution in [0.3, 0.4) is 0 Å². The topological polar surface area (TPSA) is 75.4 Å². The largest absolute Gasteiger partial charge is 0.388 e. The second kappa shape index (κ2) is 8.41. The van der Waals surface area contributed by atoms with E-state index in [1.807, 2.05) is 48.5 Å². The molecule has 1 fully saturated rings. The first-order chi connectivity index (χ1) is 14.1. The maximum atomic E-state index is 12.8. The van der Waals surface area contributed by atoms with Gasteiger partial charge >= 0.3 is 0 Å². The monoisotopic (exact) mass is 389 g/mol. The van der Waals surface area contributed by atoms with Gasteiger partial charge in [-0.1, -0.05) is 48.5 Å². The highest BCUT2D eigenvalue weighted by Gasteiger charge is 2.29. The highest BCUT2D eigenvalue weighted by atomic mass is 16.3. The van der Waals surface area contributed by atoms with Gasteiger partial charge in [0.05, 0.1) is 23.6 Å². The number of aliphatic hydroxyl groups is 1. The summed E-state index contributed by atoms with van der Waals surface area (Å²) in [6, 6.07) is 20.1. The molecule has 3 aromatic rings. The molecule has 1 unspecified atom stereocenters. The fourth-order valence-electron chi connectivity index (χ4n) is 3.81. The standard InChI is InChI=1S/C23H23N3O3/c27-21-15-19(16-24-26(21)20-9-5-2-6-10-20)23(29)25-13-11-18(12-14-25)22(28)17-7-3-1-4-8-17/h1-10,15-16,18,22,28H,11-14H2. The summed E-state index contributed by atoms with van der Waals surface area (Å²) in [5.74, 6) is -0.0758. The second-order valence-corrected chi connectivity index (χ2v) is 7.31. The Morgan fingerprint density at radius 3 is 2.24 bits per heavy atom. The number of aromatic nitrogens is 2. The first-order valence-corrected chi connectivity index (χ1v) is 9.80. The fourth-order valence-corrected chi connectivity index (χ4v) is 3.81. The summed E-state index contributed by atoms with van der Waals surface area (Å²) in [6.45, 7) is 1.10. The number of amides is 1. The molecule has 2 heterocycles. The molecule has 0 bridgehead atoms. The number of benzene rings is 2. The van der Waals surface area contributed by atoms with Crippen LogP contribution in [-0.2, 0) is 0 Å². The molecule has 29 heavy (non-hydrogen) atoms. The van der Waals surface area contributed by atoms with Crippen LogP contribution >= 0.6 is 0 Å². The molecular formula is C23H23N3O3. The number of likely N-dealkylation sites (tertiary alicyclic amines) is 1. The molecule has 1 aliphatic rings. The summed E-state index contributed by atoms with van der Waals surface area (Å²) >= 11 is 0. The van der Waals surface area contributed by atoms with Crippen molar-refractivity contribution in [2.75, 3.05) is 13.1 Å². The third-order valence-corrected chi connectivity index (χ3v) is 5.46. The van der Waals surface area contributed by atoms with Crippen LogP contribution in [-0.4, -0.2) is 38.8 Å². The van der Waals surface area contributed by atoms with E-state index in [1.54, 1.807) is 17.0 Å². The van der Waals surface area contributed by atoms with E-state index in [1.165, 1.54) is 16.9 Å². The van der Waals surface area contributed by atoms with E-state index in [0.717, 1.165) is 18.4 Å². The van der Waals surface area contributed by atoms with Gasteiger partial charge in [0, 0.05) is 19.2 Å². The molecule has 1 atom stereocenters. The summed E-state index contributed by atoms with van der Waals surface area (Å²) in [7, 11) is 0. The van der Waals surface area contributed by atoms with Crippen LogP contribution < -0.4 is 5.56 Å². The maximum absolute atomic E-state index is 12.8. The van der Waals surface area contributed by atoms with Gasteiger partial charge in [-0.05, 0) is 36.5 Å². The zero-order valence-corrected chi connectivity index (χ0v) is 16.0. The van der Waals surface area contributed by atoms with E-state index in [2.05, 4.69) is 5.10 Å². The average molecular weight is 389 g/mol. The van der Waals surface area contributed by atoms with Gasteiger partial charge in [0.25, 0.3) is 11.5 Å². The Labute approximate surface area is 169 Å². The lowest BCUT2D eigenvalue weighted by Crippen LogP contribution is -2.40. The molecule has 0 aliphatic carbocycles. The van der Waals surface area contributed by atoms with Crippen molar-refractivity contribution in [3.05, 3.63) is 94.4 Å². The van der Waals surface area contributed by atoms with Crippen molar-refractivity contribution < 1.29 is 9.90 Å². The lowest BCUT2D eigenvalue weighted by Gasteiger charge is -2.34. The van der Waals surface area contributed by atoms with Crippen LogP contribution in [0.25, 0.3) is 5.69 Å². The molecule has 0 spiro atoms. The Morgan fingerprint density at radius 2 is 1.62 bits per heavy atom. The molecule has 1 aliphatic heterocycles. The normalized spacial score (nSPS) is 15.8. The number of hydrogen-bond acceptors (Lipinski definition) is 4. The molecule has 1 saturated heterocycles. The van der Waals surface area contributed by atoms with Gasteiger partial charge in [0.2, 0.25) is 0 Å². The van der Waals surface area contributed by atoms with Crippen molar-refractivity contribution in [1.82, 2.24) is 14.7 Å². The molecule has 2 aromatic carbocycles. The Hall–Kier alpha value is -3.25. The average Bonchev–Trinajstić information content (AvgIpc) is 2.79. The second-order valence-electron chi connectivity index (χ2n) is 7.31. The Morgan fingerprint density at radius 1 is 1.00 bits per heavy atom. The number of aliphatic hydroxyl groups excluding tert-OH is 1. The van der Waals surface area contributed by atoms with Crippen LogP contribution in [0.5, 0.6) is 0 Å². The highest BCUT2D eigenvalue weighted by molar-refractivity contribution is 5.93. The van der Waals surface area contributed by atoms with E-state index in [9.17, 15) is 14.7 Å². The van der Waals surface area contributed by atoms with Crippen molar-refractivity contribution in [3.63, 3.8) is 0 Å². The molecule has 6 heteroatoms. The Balaban J connectivity index is 1.42. The van der Waals surface area contributed by atoms with Gasteiger partial charge in [0.1, 0.15) is 0 Å². The number of nitrogens with zero attached hydrogens (tertiary/aromatic N) is 3. The van der Waals surface area contributed by atoms with Crippen LogP contribution in [0.4, 0.5) is 0 Å². The van der Waals surface area contributed by atoms with Crippen molar-refractivity contribution in [2.24, 2.45) is 5.92 Å². The minimum Gasteiger partial charge on any atom is -0.388 e. The predicted molar refractivity (Wildman–Crippen MR) is 110 cm³/mol. The summed E-state index contributed by atoms with van der Waals surface area (Å²) in [5, 5.41) is 14.8. The van der Waals surface area contributed by atoms with Crippen LogP contribution in [0.15, 0.2) is 77.7 Å². The van der Waals surface area contributed by atoms with Gasteiger partial charge in [-0.25, -0.2) is 0 Å². The first kappa shape index (κ1) is 19.1. The van der Waals surface area contributed by atoms with Gasteiger partial charge in [-0.2, -0.15) is 9.78 Å². The summed E-state index contributed by atoms with van der Waals surface area (Å²) < 4.78 is 1.28. The smallest absolute Gasteiger partial charge is 0.272 e. The number of para-hydroxylation sites is 1. The summed E-state index contributed by atoms with van der Waals surface area (Å²) in [6.07, 6.45) is 2.36. The molecule has 1 amide bonds. The lowest BCUT2D eigenvalue weighted by molar-refractivity contribution is 0.0462. The minimum absolute atomic E-state index is 0.116. The van der Waals surface area contributed by atoms with Gasteiger partial charge in [-0.15, -0.1) is 0 Å². The van der Waals surface area contributed by atoms with Crippen LogP contribution in [0.2, 0.25) is 0 Å². The predicted octanol–water partition coefficient (Wildman–Crippen LogP) is 2.82. The van der Waals surface area contributed by atoms with Crippen molar-refractivity contribution >= 4 is 5.91 Å². The molecule has 148 valence electrons. The van der Waals surface area contributed by atoms with E-state index in [-0.39, 0.29) is 17.4 Å². The molecule has 1 aromatic heterocycles. The first-order valence-electron chi connectivity index (χ1n) is 9.80. The van der Waals surface area contributed by atoms with Gasteiger partial charge < -0.3 is 10.0 Å². The highest BCUT2D eigenvalue weighted by Crippen LogP contribution is 2.30. The minimum atomic E-state index is -0.523. The zero-order chi connectivity index (χ0) is 20.2. The van der Waals surface area contributed by atoms with Gasteiger partial charge in [0.15, 0.2) is 0 Å². The van der Waals surface area contributed by atoms with Crippen molar-refractivity contribution in [1.29, 1.82) is 0 Å². The zero-order valence-electron chi connectivity index (χ0n) is 16.0. The quantitative estimate of drug-likeness (QED) is 0.745. The molecule has 0 radical (unpaired) electrons. The van der Waals surface area contributed by atoms with Crippen LogP contribution in [0, 0.1) is 5.92 Å². The lowest BCUT2D eigenvalue weighted by atomic mass is 9.87. The SMILES string of the molecule is O=C(c1cnn(-c2ccccc2)c(=O)c1)N1CCC(C(O)c2ccccc2)CC1. The number of hydrogen-bond donors (Lipinski definition) is 1. The number of rotatable bonds is 4. The number of carbonyl (C=O) groups excluding carboxylic acids is 1.